The van der Waals surface area contributed by atoms with Gasteiger partial charge in [0.1, 0.15) is 11.2 Å². The average Bonchev–Trinajstić information content (AvgIpc) is 3.67. The molecule has 0 N–H and O–H groups in total. The van der Waals surface area contributed by atoms with Crippen molar-refractivity contribution in [2.45, 2.75) is 0 Å². The van der Waals surface area contributed by atoms with Gasteiger partial charge in [-0.3, -0.25) is 0 Å². The first-order chi connectivity index (χ1) is 28.2. The molecule has 0 saturated heterocycles. The molecule has 0 aliphatic rings. The van der Waals surface area contributed by atoms with Crippen molar-refractivity contribution in [2.75, 3.05) is 0 Å². The van der Waals surface area contributed by atoms with Crippen molar-refractivity contribution in [1.29, 1.82) is 0 Å². The molecule has 57 heavy (non-hydrogen) atoms. The Bertz CT molecular complexity index is 3290. The maximum absolute atomic E-state index is 6.57. The van der Waals surface area contributed by atoms with Gasteiger partial charge in [0.2, 0.25) is 0 Å². The molecule has 0 aliphatic heterocycles. The quantitative estimate of drug-likeness (QED) is 0.171. The molecule has 2 aromatic heterocycles. The van der Waals surface area contributed by atoms with Crippen molar-refractivity contribution < 1.29 is 4.42 Å². The van der Waals surface area contributed by atoms with E-state index < -0.39 is 0 Å². The van der Waals surface area contributed by atoms with Gasteiger partial charge in [0.05, 0.1) is 0 Å². The lowest BCUT2D eigenvalue weighted by atomic mass is 9.94. The van der Waals surface area contributed by atoms with E-state index in [2.05, 4.69) is 164 Å². The van der Waals surface area contributed by atoms with Gasteiger partial charge in [0.15, 0.2) is 17.5 Å². The van der Waals surface area contributed by atoms with Crippen LogP contribution < -0.4 is 0 Å². The minimum Gasteiger partial charge on any atom is -0.456 e. The van der Waals surface area contributed by atoms with Crippen molar-refractivity contribution in [2.24, 2.45) is 0 Å². The zero-order valence-corrected chi connectivity index (χ0v) is 30.8. The van der Waals surface area contributed by atoms with Gasteiger partial charge in [-0.15, -0.1) is 0 Å². The molecule has 0 aliphatic carbocycles. The molecular weight excluding hydrogens is 695 g/mol. The third-order valence-electron chi connectivity index (χ3n) is 10.9. The van der Waals surface area contributed by atoms with E-state index in [0.717, 1.165) is 60.9 Å². The monoisotopic (exact) mass is 727 g/mol. The Kier molecular flexibility index (Phi) is 7.78. The maximum Gasteiger partial charge on any atom is 0.164 e. The van der Waals surface area contributed by atoms with Gasteiger partial charge in [-0.25, -0.2) is 15.0 Å². The summed E-state index contributed by atoms with van der Waals surface area (Å²) in [5.74, 6) is 1.81. The summed E-state index contributed by atoms with van der Waals surface area (Å²) >= 11 is 0. The van der Waals surface area contributed by atoms with E-state index in [-0.39, 0.29) is 0 Å². The van der Waals surface area contributed by atoms with Gasteiger partial charge in [-0.05, 0) is 85.3 Å². The van der Waals surface area contributed by atoms with Crippen LogP contribution in [0.5, 0.6) is 0 Å². The molecule has 0 amide bonds. The Morgan fingerprint density at radius 3 is 1.65 bits per heavy atom. The third-order valence-corrected chi connectivity index (χ3v) is 10.9. The number of nitrogens with zero attached hydrogens (tertiary/aromatic N) is 3. The highest BCUT2D eigenvalue weighted by atomic mass is 16.3. The van der Waals surface area contributed by atoms with Gasteiger partial charge in [-0.2, -0.15) is 0 Å². The highest BCUT2D eigenvalue weighted by Gasteiger charge is 2.17. The van der Waals surface area contributed by atoms with E-state index in [1.807, 2.05) is 36.4 Å². The summed E-state index contributed by atoms with van der Waals surface area (Å²) < 4.78 is 6.57. The van der Waals surface area contributed by atoms with Crippen LogP contribution >= 0.6 is 0 Å². The van der Waals surface area contributed by atoms with Gasteiger partial charge in [-0.1, -0.05) is 170 Å². The molecule has 0 fully saturated rings. The molecule has 2 heterocycles. The average molecular weight is 728 g/mol. The van der Waals surface area contributed by atoms with Crippen LogP contribution in [-0.2, 0) is 0 Å². The smallest absolute Gasteiger partial charge is 0.164 e. The number of benzene rings is 9. The second kappa shape index (κ2) is 13.6. The second-order valence-corrected chi connectivity index (χ2v) is 14.4. The predicted molar refractivity (Wildman–Crippen MR) is 235 cm³/mol. The summed E-state index contributed by atoms with van der Waals surface area (Å²) in [5, 5.41) is 7.05. The second-order valence-electron chi connectivity index (χ2n) is 14.4. The van der Waals surface area contributed by atoms with E-state index in [0.29, 0.717) is 17.5 Å². The van der Waals surface area contributed by atoms with Crippen LogP contribution in [0.4, 0.5) is 0 Å². The van der Waals surface area contributed by atoms with Crippen LogP contribution in [0.3, 0.4) is 0 Å². The van der Waals surface area contributed by atoms with Crippen molar-refractivity contribution in [3.8, 4) is 67.5 Å². The van der Waals surface area contributed by atoms with E-state index in [1.54, 1.807) is 0 Å². The van der Waals surface area contributed by atoms with Crippen molar-refractivity contribution in [3.63, 3.8) is 0 Å². The Labute approximate surface area is 329 Å². The van der Waals surface area contributed by atoms with Crippen LogP contribution in [-0.4, -0.2) is 15.0 Å². The van der Waals surface area contributed by atoms with Crippen molar-refractivity contribution in [3.05, 3.63) is 200 Å². The highest BCUT2D eigenvalue weighted by molar-refractivity contribution is 6.13. The zero-order valence-electron chi connectivity index (χ0n) is 30.8. The molecule has 0 unspecified atom stereocenters. The lowest BCUT2D eigenvalue weighted by Crippen LogP contribution is -2.00. The van der Waals surface area contributed by atoms with Crippen LogP contribution in [0.1, 0.15) is 0 Å². The normalized spacial score (nSPS) is 11.5. The molecule has 0 bridgehead atoms. The minimum absolute atomic E-state index is 0.585. The summed E-state index contributed by atoms with van der Waals surface area (Å²) in [6.45, 7) is 0. The number of hydrogen-bond donors (Lipinski definition) is 0. The molecule has 9 aromatic carbocycles. The predicted octanol–water partition coefficient (Wildman–Crippen LogP) is 14.1. The van der Waals surface area contributed by atoms with E-state index >= 15 is 0 Å². The fourth-order valence-corrected chi connectivity index (χ4v) is 8.07. The van der Waals surface area contributed by atoms with E-state index in [4.69, 9.17) is 19.4 Å². The molecule has 4 nitrogen and oxygen atoms in total. The Balaban J connectivity index is 0.991. The Hall–Kier alpha value is -7.69. The van der Waals surface area contributed by atoms with E-state index in [9.17, 15) is 0 Å². The molecule has 266 valence electrons. The molecule has 11 rings (SSSR count). The first-order valence-electron chi connectivity index (χ1n) is 19.2. The van der Waals surface area contributed by atoms with Gasteiger partial charge < -0.3 is 4.42 Å². The lowest BCUT2D eigenvalue weighted by Gasteiger charge is -2.10. The number of fused-ring (bicyclic) bond motifs is 5. The molecule has 0 saturated carbocycles. The maximum atomic E-state index is 6.57. The topological polar surface area (TPSA) is 51.8 Å². The lowest BCUT2D eigenvalue weighted by molar-refractivity contribution is 0.669. The summed E-state index contributed by atoms with van der Waals surface area (Å²) in [7, 11) is 0. The molecule has 4 heteroatoms. The van der Waals surface area contributed by atoms with Gasteiger partial charge >= 0.3 is 0 Å². The van der Waals surface area contributed by atoms with Crippen LogP contribution in [0.2, 0.25) is 0 Å². The molecule has 0 radical (unpaired) electrons. The largest absolute Gasteiger partial charge is 0.456 e. The van der Waals surface area contributed by atoms with Crippen LogP contribution in [0.15, 0.2) is 205 Å². The SMILES string of the molecule is c1ccc(-c2nc(-c3cccc(-c4ccc5ccccc5c4)c3)nc(-c3ccc4c(c3)oc3cccc(-c5ccc(-c6cccc7ccccc67)cc5)c34)n2)cc1. The standard InChI is InChI=1S/C53H33N3O/c1-2-13-38(14-3-1)51-54-52(42-18-8-17-40(32-42)41-28-23-34-11-4-5-15-39(34)31-41)56-53(55-51)43-29-30-47-49(33-43)57-48-22-10-21-46(50(47)48)37-26-24-36(25-27-37)45-20-9-16-35-12-6-7-19-44(35)45/h1-33H. The molecule has 0 atom stereocenters. The molecule has 11 aromatic rings. The minimum atomic E-state index is 0.585. The molecule has 0 spiro atoms. The zero-order chi connectivity index (χ0) is 37.7. The summed E-state index contributed by atoms with van der Waals surface area (Å²) in [6, 6.07) is 70.0. The number of hydrogen-bond acceptors (Lipinski definition) is 4. The number of rotatable bonds is 6. The van der Waals surface area contributed by atoms with Crippen molar-refractivity contribution in [1.82, 2.24) is 15.0 Å². The summed E-state index contributed by atoms with van der Waals surface area (Å²) in [5.41, 5.74) is 11.2. The van der Waals surface area contributed by atoms with Crippen molar-refractivity contribution >= 4 is 43.5 Å². The first-order valence-corrected chi connectivity index (χ1v) is 19.2. The Morgan fingerprint density at radius 2 is 0.825 bits per heavy atom. The van der Waals surface area contributed by atoms with E-state index in [1.165, 1.54) is 32.7 Å². The molecular formula is C53H33N3O. The summed E-state index contributed by atoms with van der Waals surface area (Å²) in [6.07, 6.45) is 0. The number of aromatic nitrogens is 3. The number of furan rings is 1. The Morgan fingerprint density at radius 1 is 0.281 bits per heavy atom. The fraction of sp³-hybridized carbons (Fsp3) is 0. The third kappa shape index (κ3) is 5.92. The van der Waals surface area contributed by atoms with Crippen LogP contribution in [0.25, 0.3) is 111 Å². The highest BCUT2D eigenvalue weighted by Crippen LogP contribution is 2.39. The van der Waals surface area contributed by atoms with Gasteiger partial charge in [0.25, 0.3) is 0 Å². The first kappa shape index (κ1) is 32.7. The fourth-order valence-electron chi connectivity index (χ4n) is 8.07. The van der Waals surface area contributed by atoms with Gasteiger partial charge in [0, 0.05) is 27.5 Å². The summed E-state index contributed by atoms with van der Waals surface area (Å²) in [4.78, 5) is 15.1. The van der Waals surface area contributed by atoms with Crippen LogP contribution in [0, 0.1) is 0 Å².